The molecule has 1 amide bonds. The zero-order valence-corrected chi connectivity index (χ0v) is 11.1. The standard InChI is InChI=1S/C14H14FNOS/c1-9-7-13(10(2)18-9)14(17)16-8-11-3-5-12(15)6-4-11/h3-7H,8H2,1-2H3,(H,16,17). The molecular weight excluding hydrogens is 249 g/mol. The Morgan fingerprint density at radius 2 is 1.94 bits per heavy atom. The van der Waals surface area contributed by atoms with Gasteiger partial charge in [-0.3, -0.25) is 4.79 Å². The highest BCUT2D eigenvalue weighted by atomic mass is 32.1. The summed E-state index contributed by atoms with van der Waals surface area (Å²) in [5.74, 6) is -0.351. The van der Waals surface area contributed by atoms with Gasteiger partial charge in [0, 0.05) is 16.3 Å². The van der Waals surface area contributed by atoms with Crippen molar-refractivity contribution in [1.82, 2.24) is 5.32 Å². The third-order valence-corrected chi connectivity index (χ3v) is 3.62. The van der Waals surface area contributed by atoms with Crippen LogP contribution in [-0.4, -0.2) is 5.91 Å². The van der Waals surface area contributed by atoms with Crippen LogP contribution in [0, 0.1) is 19.7 Å². The molecule has 0 saturated heterocycles. The van der Waals surface area contributed by atoms with Crippen molar-refractivity contribution >= 4 is 17.2 Å². The van der Waals surface area contributed by atoms with Crippen molar-refractivity contribution in [2.24, 2.45) is 0 Å². The maximum absolute atomic E-state index is 12.7. The van der Waals surface area contributed by atoms with E-state index in [-0.39, 0.29) is 11.7 Å². The number of rotatable bonds is 3. The van der Waals surface area contributed by atoms with E-state index < -0.39 is 0 Å². The summed E-state index contributed by atoms with van der Waals surface area (Å²) in [5, 5.41) is 2.83. The van der Waals surface area contributed by atoms with E-state index in [0.717, 1.165) is 20.9 Å². The summed E-state index contributed by atoms with van der Waals surface area (Å²) < 4.78 is 12.7. The van der Waals surface area contributed by atoms with Gasteiger partial charge >= 0.3 is 0 Å². The molecule has 18 heavy (non-hydrogen) atoms. The van der Waals surface area contributed by atoms with Gasteiger partial charge < -0.3 is 5.32 Å². The number of carbonyl (C=O) groups excluding carboxylic acids is 1. The largest absolute Gasteiger partial charge is 0.348 e. The van der Waals surface area contributed by atoms with E-state index in [2.05, 4.69) is 5.32 Å². The molecule has 1 N–H and O–H groups in total. The third kappa shape index (κ3) is 2.96. The Morgan fingerprint density at radius 1 is 1.28 bits per heavy atom. The zero-order valence-electron chi connectivity index (χ0n) is 10.3. The first-order valence-corrected chi connectivity index (χ1v) is 6.47. The van der Waals surface area contributed by atoms with Gasteiger partial charge in [-0.15, -0.1) is 11.3 Å². The molecule has 0 radical (unpaired) electrons. The SMILES string of the molecule is Cc1cc(C(=O)NCc2ccc(F)cc2)c(C)s1. The second kappa shape index (κ2) is 5.31. The number of amides is 1. The minimum absolute atomic E-state index is 0.0822. The second-order valence-corrected chi connectivity index (χ2v) is 5.60. The maximum Gasteiger partial charge on any atom is 0.252 e. The van der Waals surface area contributed by atoms with E-state index in [1.165, 1.54) is 12.1 Å². The molecule has 0 saturated carbocycles. The van der Waals surface area contributed by atoms with Crippen molar-refractivity contribution in [1.29, 1.82) is 0 Å². The van der Waals surface area contributed by atoms with Crippen LogP contribution in [0.4, 0.5) is 4.39 Å². The van der Waals surface area contributed by atoms with Crippen molar-refractivity contribution in [3.8, 4) is 0 Å². The Balaban J connectivity index is 2.00. The zero-order chi connectivity index (χ0) is 13.1. The van der Waals surface area contributed by atoms with Crippen molar-refractivity contribution < 1.29 is 9.18 Å². The van der Waals surface area contributed by atoms with Crippen molar-refractivity contribution in [2.45, 2.75) is 20.4 Å². The minimum atomic E-state index is -0.269. The average Bonchev–Trinajstić information content (AvgIpc) is 2.67. The Morgan fingerprint density at radius 3 is 2.50 bits per heavy atom. The molecule has 2 nitrogen and oxygen atoms in total. The van der Waals surface area contributed by atoms with E-state index in [1.54, 1.807) is 23.5 Å². The molecule has 0 spiro atoms. The van der Waals surface area contributed by atoms with Crippen LogP contribution in [-0.2, 0) is 6.54 Å². The van der Waals surface area contributed by atoms with Gasteiger partial charge in [-0.1, -0.05) is 12.1 Å². The van der Waals surface area contributed by atoms with E-state index in [1.807, 2.05) is 19.9 Å². The number of aryl methyl sites for hydroxylation is 2. The molecule has 0 bridgehead atoms. The van der Waals surface area contributed by atoms with Gasteiger partial charge in [0.1, 0.15) is 5.82 Å². The van der Waals surface area contributed by atoms with Crippen LogP contribution in [0.5, 0.6) is 0 Å². The van der Waals surface area contributed by atoms with Crippen LogP contribution in [0.3, 0.4) is 0 Å². The minimum Gasteiger partial charge on any atom is -0.348 e. The van der Waals surface area contributed by atoms with Crippen molar-refractivity contribution in [3.63, 3.8) is 0 Å². The number of thiophene rings is 1. The fourth-order valence-electron chi connectivity index (χ4n) is 1.74. The monoisotopic (exact) mass is 263 g/mol. The molecular formula is C14H14FNOS. The topological polar surface area (TPSA) is 29.1 Å². The average molecular weight is 263 g/mol. The third-order valence-electron chi connectivity index (χ3n) is 2.65. The molecule has 0 fully saturated rings. The summed E-state index contributed by atoms with van der Waals surface area (Å²) in [6, 6.07) is 8.01. The Bertz CT molecular complexity index is 560. The van der Waals surface area contributed by atoms with Gasteiger partial charge in [-0.2, -0.15) is 0 Å². The predicted octanol–water partition coefficient (Wildman–Crippen LogP) is 3.43. The fourth-order valence-corrected chi connectivity index (χ4v) is 2.66. The lowest BCUT2D eigenvalue weighted by Gasteiger charge is -2.04. The quantitative estimate of drug-likeness (QED) is 0.903. The van der Waals surface area contributed by atoms with Gasteiger partial charge in [-0.25, -0.2) is 4.39 Å². The highest BCUT2D eigenvalue weighted by molar-refractivity contribution is 7.12. The van der Waals surface area contributed by atoms with Gasteiger partial charge in [0.05, 0.1) is 5.56 Å². The molecule has 1 aromatic heterocycles. The summed E-state index contributed by atoms with van der Waals surface area (Å²) in [6.07, 6.45) is 0. The smallest absolute Gasteiger partial charge is 0.252 e. The van der Waals surface area contributed by atoms with E-state index in [4.69, 9.17) is 0 Å². The lowest BCUT2D eigenvalue weighted by molar-refractivity contribution is 0.0951. The molecule has 0 atom stereocenters. The molecule has 0 aliphatic carbocycles. The summed E-state index contributed by atoms with van der Waals surface area (Å²) in [5.41, 5.74) is 1.61. The normalized spacial score (nSPS) is 10.4. The Kier molecular flexibility index (Phi) is 3.77. The maximum atomic E-state index is 12.7. The molecule has 94 valence electrons. The molecule has 1 aromatic carbocycles. The number of hydrogen-bond donors (Lipinski definition) is 1. The first-order valence-electron chi connectivity index (χ1n) is 5.66. The highest BCUT2D eigenvalue weighted by Gasteiger charge is 2.11. The lowest BCUT2D eigenvalue weighted by Crippen LogP contribution is -2.22. The summed E-state index contributed by atoms with van der Waals surface area (Å²) in [7, 11) is 0. The Hall–Kier alpha value is -1.68. The molecule has 1 heterocycles. The van der Waals surface area contributed by atoms with Gasteiger partial charge in [0.15, 0.2) is 0 Å². The Labute approximate surface area is 109 Å². The van der Waals surface area contributed by atoms with Gasteiger partial charge in [-0.05, 0) is 37.6 Å². The second-order valence-electron chi connectivity index (χ2n) is 4.14. The molecule has 0 aliphatic rings. The van der Waals surface area contributed by atoms with Gasteiger partial charge in [0.25, 0.3) is 5.91 Å². The first-order chi connectivity index (χ1) is 8.56. The molecule has 2 aromatic rings. The fraction of sp³-hybridized carbons (Fsp3) is 0.214. The number of hydrogen-bond acceptors (Lipinski definition) is 2. The first kappa shape index (κ1) is 12.8. The molecule has 0 unspecified atom stereocenters. The van der Waals surface area contributed by atoms with Crippen LogP contribution in [0.1, 0.15) is 25.7 Å². The van der Waals surface area contributed by atoms with E-state index in [0.29, 0.717) is 6.54 Å². The van der Waals surface area contributed by atoms with Crippen LogP contribution < -0.4 is 5.32 Å². The number of benzene rings is 1. The number of carbonyl (C=O) groups is 1. The molecule has 2 rings (SSSR count). The van der Waals surface area contributed by atoms with Crippen molar-refractivity contribution in [2.75, 3.05) is 0 Å². The molecule has 0 aliphatic heterocycles. The van der Waals surface area contributed by atoms with Gasteiger partial charge in [0.2, 0.25) is 0 Å². The van der Waals surface area contributed by atoms with Crippen molar-refractivity contribution in [3.05, 3.63) is 57.0 Å². The highest BCUT2D eigenvalue weighted by Crippen LogP contribution is 2.20. The molecule has 4 heteroatoms. The summed E-state index contributed by atoms with van der Waals surface area (Å²) >= 11 is 1.61. The lowest BCUT2D eigenvalue weighted by atomic mass is 10.2. The summed E-state index contributed by atoms with van der Waals surface area (Å²) in [4.78, 5) is 14.1. The number of halogens is 1. The van der Waals surface area contributed by atoms with E-state index >= 15 is 0 Å². The van der Waals surface area contributed by atoms with Crippen LogP contribution in [0.25, 0.3) is 0 Å². The van der Waals surface area contributed by atoms with Crippen LogP contribution >= 0.6 is 11.3 Å². The van der Waals surface area contributed by atoms with Crippen LogP contribution in [0.15, 0.2) is 30.3 Å². The van der Waals surface area contributed by atoms with E-state index in [9.17, 15) is 9.18 Å². The predicted molar refractivity (Wildman–Crippen MR) is 71.4 cm³/mol. The number of nitrogens with one attached hydrogen (secondary N) is 1. The summed E-state index contributed by atoms with van der Waals surface area (Å²) in [6.45, 7) is 4.33. The van der Waals surface area contributed by atoms with Crippen LogP contribution in [0.2, 0.25) is 0 Å².